The molecule has 2 aromatic heterocycles. The molecule has 1 amide bonds. The predicted octanol–water partition coefficient (Wildman–Crippen LogP) is 5.82. The topological polar surface area (TPSA) is 127 Å². The molecule has 0 bridgehead atoms. The highest BCUT2D eigenvalue weighted by molar-refractivity contribution is 6.35. The van der Waals surface area contributed by atoms with E-state index in [1.807, 2.05) is 0 Å². The number of anilines is 1. The summed E-state index contributed by atoms with van der Waals surface area (Å²) in [5.41, 5.74) is 1.13. The molecule has 0 spiro atoms. The van der Waals surface area contributed by atoms with Crippen LogP contribution in [0.25, 0.3) is 21.8 Å². The molecule has 11 nitrogen and oxygen atoms in total. The standard InChI is InChI=1S/C13H14ClN3O4.C10H8Cl2N2O2/c1-4-21-13(18)17-11-7-5-9(19-2)10(20-3)6-8(7)15-12(14)16-11;1-15-7-3-5-6(4-8(7)16-2)13-10(12)14-9(5)11/h5-6H,4H2,1-3H3,(H,15,16,17,18);3-4H,1-2H3. The van der Waals surface area contributed by atoms with Crippen molar-refractivity contribution in [2.75, 3.05) is 40.4 Å². The largest absolute Gasteiger partial charge is 0.493 e. The van der Waals surface area contributed by atoms with E-state index in [4.69, 9.17) is 58.5 Å². The zero-order valence-corrected chi connectivity index (χ0v) is 22.7. The number of nitrogens with one attached hydrogen (secondary N) is 1. The van der Waals surface area contributed by atoms with E-state index in [2.05, 4.69) is 25.3 Å². The van der Waals surface area contributed by atoms with Gasteiger partial charge >= 0.3 is 6.09 Å². The smallest absolute Gasteiger partial charge is 0.412 e. The Balaban J connectivity index is 0.000000213. The molecule has 0 radical (unpaired) electrons. The molecule has 0 unspecified atom stereocenters. The highest BCUT2D eigenvalue weighted by Crippen LogP contribution is 2.35. The summed E-state index contributed by atoms with van der Waals surface area (Å²) < 4.78 is 25.6. The summed E-state index contributed by atoms with van der Waals surface area (Å²) in [5, 5.41) is 4.14. The molecular formula is C23H22Cl3N5O6. The quantitative estimate of drug-likeness (QED) is 0.224. The Morgan fingerprint density at radius 2 is 1.19 bits per heavy atom. The van der Waals surface area contributed by atoms with Gasteiger partial charge in [-0.05, 0) is 42.3 Å². The van der Waals surface area contributed by atoms with Gasteiger partial charge in [0.1, 0.15) is 11.0 Å². The van der Waals surface area contributed by atoms with Gasteiger partial charge in [-0.2, -0.15) is 4.98 Å². The number of benzene rings is 2. The second kappa shape index (κ2) is 12.6. The molecule has 14 heteroatoms. The molecule has 2 heterocycles. The molecule has 4 aromatic rings. The number of hydrogen-bond acceptors (Lipinski definition) is 10. The second-order valence-corrected chi connectivity index (χ2v) is 7.95. The second-order valence-electron chi connectivity index (χ2n) is 6.92. The van der Waals surface area contributed by atoms with Crippen molar-refractivity contribution in [2.24, 2.45) is 0 Å². The lowest BCUT2D eigenvalue weighted by atomic mass is 10.2. The van der Waals surface area contributed by atoms with E-state index in [9.17, 15) is 4.79 Å². The lowest BCUT2D eigenvalue weighted by Crippen LogP contribution is -2.15. The zero-order chi connectivity index (χ0) is 27.1. The molecule has 37 heavy (non-hydrogen) atoms. The molecule has 196 valence electrons. The van der Waals surface area contributed by atoms with Crippen LogP contribution in [-0.2, 0) is 4.74 Å². The maximum atomic E-state index is 11.6. The zero-order valence-electron chi connectivity index (χ0n) is 20.4. The van der Waals surface area contributed by atoms with E-state index in [1.165, 1.54) is 14.2 Å². The first kappa shape index (κ1) is 28.0. The Kier molecular flexibility index (Phi) is 9.56. The SMILES string of the molecule is CCOC(=O)Nc1nc(Cl)nc2cc(OC)c(OC)cc12.COc1cc2nc(Cl)nc(Cl)c2cc1OC. The minimum absolute atomic E-state index is 0.00141. The van der Waals surface area contributed by atoms with Gasteiger partial charge in [-0.1, -0.05) is 11.6 Å². The van der Waals surface area contributed by atoms with Gasteiger partial charge in [0.2, 0.25) is 10.6 Å². The minimum atomic E-state index is -0.622. The Morgan fingerprint density at radius 3 is 1.70 bits per heavy atom. The van der Waals surface area contributed by atoms with Gasteiger partial charge in [0.05, 0.1) is 46.1 Å². The van der Waals surface area contributed by atoms with Gasteiger partial charge in [0.15, 0.2) is 23.0 Å². The van der Waals surface area contributed by atoms with Crippen molar-refractivity contribution in [1.82, 2.24) is 19.9 Å². The van der Waals surface area contributed by atoms with Crippen LogP contribution in [0.2, 0.25) is 15.7 Å². The average Bonchev–Trinajstić information content (AvgIpc) is 2.87. The van der Waals surface area contributed by atoms with E-state index in [1.54, 1.807) is 45.4 Å². The fourth-order valence-corrected chi connectivity index (χ4v) is 3.80. The third-order valence-corrected chi connectivity index (χ3v) is 5.42. The van der Waals surface area contributed by atoms with Crippen molar-refractivity contribution in [3.05, 3.63) is 40.0 Å². The van der Waals surface area contributed by atoms with Gasteiger partial charge in [-0.3, -0.25) is 5.32 Å². The number of methoxy groups -OCH3 is 4. The molecule has 1 N–H and O–H groups in total. The number of fused-ring (bicyclic) bond motifs is 2. The van der Waals surface area contributed by atoms with E-state index in [0.29, 0.717) is 44.8 Å². The first-order chi connectivity index (χ1) is 17.7. The Hall–Kier alpha value is -3.54. The van der Waals surface area contributed by atoms with Crippen molar-refractivity contribution in [2.45, 2.75) is 6.92 Å². The summed E-state index contributed by atoms with van der Waals surface area (Å²) in [6, 6.07) is 6.73. The number of ether oxygens (including phenoxy) is 5. The third kappa shape index (κ3) is 6.62. The molecule has 0 saturated carbocycles. The van der Waals surface area contributed by atoms with Crippen molar-refractivity contribution in [3.63, 3.8) is 0 Å². The van der Waals surface area contributed by atoms with Crippen LogP contribution in [0.1, 0.15) is 6.92 Å². The maximum absolute atomic E-state index is 11.6. The van der Waals surface area contributed by atoms with Gasteiger partial charge in [-0.15, -0.1) is 0 Å². The number of hydrogen-bond donors (Lipinski definition) is 1. The molecule has 0 atom stereocenters. The molecule has 0 saturated heterocycles. The van der Waals surface area contributed by atoms with E-state index in [0.717, 1.165) is 0 Å². The lowest BCUT2D eigenvalue weighted by Gasteiger charge is -2.12. The predicted molar refractivity (Wildman–Crippen MR) is 141 cm³/mol. The number of carbonyl (C=O) groups is 1. The number of aromatic nitrogens is 4. The Morgan fingerprint density at radius 1 is 0.730 bits per heavy atom. The normalized spacial score (nSPS) is 10.4. The summed E-state index contributed by atoms with van der Waals surface area (Å²) in [4.78, 5) is 27.6. The van der Waals surface area contributed by atoms with E-state index in [-0.39, 0.29) is 28.1 Å². The Bertz CT molecular complexity index is 1440. The summed E-state index contributed by atoms with van der Waals surface area (Å²) >= 11 is 17.5. The van der Waals surface area contributed by atoms with Crippen molar-refractivity contribution < 1.29 is 28.5 Å². The summed E-state index contributed by atoms with van der Waals surface area (Å²) in [5.74, 6) is 2.37. The molecule has 0 aliphatic heterocycles. The molecular weight excluding hydrogens is 549 g/mol. The van der Waals surface area contributed by atoms with Crippen LogP contribution in [0.5, 0.6) is 23.0 Å². The molecule has 4 rings (SSSR count). The van der Waals surface area contributed by atoms with Crippen LogP contribution < -0.4 is 24.3 Å². The number of rotatable bonds is 6. The van der Waals surface area contributed by atoms with E-state index < -0.39 is 6.09 Å². The first-order valence-electron chi connectivity index (χ1n) is 10.5. The van der Waals surface area contributed by atoms with Gasteiger partial charge in [-0.25, -0.2) is 19.7 Å². The summed E-state index contributed by atoms with van der Waals surface area (Å²) in [6.45, 7) is 1.96. The van der Waals surface area contributed by atoms with Crippen LogP contribution >= 0.6 is 34.8 Å². The first-order valence-corrected chi connectivity index (χ1v) is 11.7. The maximum Gasteiger partial charge on any atom is 0.412 e. The van der Waals surface area contributed by atoms with Crippen molar-refractivity contribution in [3.8, 4) is 23.0 Å². The highest BCUT2D eigenvalue weighted by Gasteiger charge is 2.15. The Labute approximate surface area is 226 Å². The monoisotopic (exact) mass is 569 g/mol. The average molecular weight is 571 g/mol. The number of nitrogens with zero attached hydrogens (tertiary/aromatic N) is 4. The number of halogens is 3. The van der Waals surface area contributed by atoms with Gasteiger partial charge < -0.3 is 23.7 Å². The number of amides is 1. The van der Waals surface area contributed by atoms with Crippen LogP contribution in [0.4, 0.5) is 10.6 Å². The molecule has 0 aliphatic rings. The van der Waals surface area contributed by atoms with Crippen LogP contribution in [0.15, 0.2) is 24.3 Å². The van der Waals surface area contributed by atoms with E-state index >= 15 is 0 Å². The van der Waals surface area contributed by atoms with Crippen LogP contribution in [0.3, 0.4) is 0 Å². The highest BCUT2D eigenvalue weighted by atomic mass is 35.5. The van der Waals surface area contributed by atoms with Crippen LogP contribution in [-0.4, -0.2) is 61.1 Å². The molecule has 2 aromatic carbocycles. The molecule has 0 fully saturated rings. The van der Waals surface area contributed by atoms with Crippen molar-refractivity contribution >= 4 is 68.5 Å². The molecule has 0 aliphatic carbocycles. The van der Waals surface area contributed by atoms with Gasteiger partial charge in [0, 0.05) is 22.9 Å². The minimum Gasteiger partial charge on any atom is -0.493 e. The lowest BCUT2D eigenvalue weighted by molar-refractivity contribution is 0.168. The van der Waals surface area contributed by atoms with Crippen molar-refractivity contribution in [1.29, 1.82) is 0 Å². The summed E-state index contributed by atoms with van der Waals surface area (Å²) in [7, 11) is 6.13. The third-order valence-electron chi connectivity index (χ3n) is 4.80. The fourth-order valence-electron chi connectivity index (χ4n) is 3.18. The number of carbonyl (C=O) groups excluding carboxylic acids is 1. The van der Waals surface area contributed by atoms with Crippen LogP contribution in [0, 0.1) is 0 Å². The van der Waals surface area contributed by atoms with Gasteiger partial charge in [0.25, 0.3) is 0 Å². The summed E-state index contributed by atoms with van der Waals surface area (Å²) in [6.07, 6.45) is -0.622. The fraction of sp³-hybridized carbons (Fsp3) is 0.261.